The molecule has 5 heteroatoms. The highest BCUT2D eigenvalue weighted by molar-refractivity contribution is 14.1. The van der Waals surface area contributed by atoms with E-state index in [1.807, 2.05) is 29.2 Å². The summed E-state index contributed by atoms with van der Waals surface area (Å²) in [6.45, 7) is 2.21. The zero-order valence-corrected chi connectivity index (χ0v) is 14.3. The first-order valence-corrected chi connectivity index (χ1v) is 8.56. The molecule has 1 N–H and O–H groups in total. The van der Waals surface area contributed by atoms with Crippen molar-refractivity contribution < 1.29 is 9.59 Å². The monoisotopic (exact) mass is 400 g/mol. The van der Waals surface area contributed by atoms with E-state index in [1.165, 1.54) is 0 Å². The van der Waals surface area contributed by atoms with E-state index in [0.717, 1.165) is 42.3 Å². The van der Waals surface area contributed by atoms with Crippen LogP contribution in [0, 0.1) is 3.57 Å². The summed E-state index contributed by atoms with van der Waals surface area (Å²) in [5, 5.41) is 2.92. The lowest BCUT2D eigenvalue weighted by Crippen LogP contribution is -2.34. The van der Waals surface area contributed by atoms with Crippen LogP contribution in [0.4, 0.5) is 0 Å². The van der Waals surface area contributed by atoms with E-state index in [4.69, 9.17) is 0 Å². The topological polar surface area (TPSA) is 49.4 Å². The molecule has 2 amide bonds. The minimum absolute atomic E-state index is 0.0456. The number of hydrogen-bond acceptors (Lipinski definition) is 2. The van der Waals surface area contributed by atoms with E-state index in [9.17, 15) is 9.59 Å². The van der Waals surface area contributed by atoms with Crippen LogP contribution in [-0.4, -0.2) is 36.3 Å². The van der Waals surface area contributed by atoms with Gasteiger partial charge >= 0.3 is 0 Å². The Kier molecular flexibility index (Phi) is 6.48. The van der Waals surface area contributed by atoms with Crippen molar-refractivity contribution in [3.63, 3.8) is 0 Å². The van der Waals surface area contributed by atoms with Gasteiger partial charge in [-0.2, -0.15) is 0 Å². The van der Waals surface area contributed by atoms with Gasteiger partial charge in [-0.3, -0.25) is 9.59 Å². The first-order chi connectivity index (χ1) is 10.2. The van der Waals surface area contributed by atoms with E-state index in [-0.39, 0.29) is 11.8 Å². The molecular formula is C16H21IN2O2. The molecule has 1 aliphatic rings. The number of carbonyl (C=O) groups excluding carboxylic acids is 2. The van der Waals surface area contributed by atoms with Crippen molar-refractivity contribution in [2.45, 2.75) is 32.1 Å². The molecule has 0 unspecified atom stereocenters. The second-order valence-electron chi connectivity index (χ2n) is 5.31. The molecule has 114 valence electrons. The molecule has 0 saturated carbocycles. The molecule has 1 saturated heterocycles. The predicted octanol–water partition coefficient (Wildman–Crippen LogP) is 2.81. The average molecular weight is 400 g/mol. The number of hydrogen-bond donors (Lipinski definition) is 1. The van der Waals surface area contributed by atoms with Crippen molar-refractivity contribution in [1.29, 1.82) is 0 Å². The molecule has 2 rings (SSSR count). The van der Waals surface area contributed by atoms with Gasteiger partial charge in [-0.1, -0.05) is 12.5 Å². The average Bonchev–Trinajstić information content (AvgIpc) is 2.68. The lowest BCUT2D eigenvalue weighted by Gasteiger charge is -2.20. The van der Waals surface area contributed by atoms with Crippen LogP contribution in [0.15, 0.2) is 24.3 Å². The number of halogens is 1. The summed E-state index contributed by atoms with van der Waals surface area (Å²) in [4.78, 5) is 25.7. The number of amides is 2. The first-order valence-electron chi connectivity index (χ1n) is 7.48. The summed E-state index contributed by atoms with van der Waals surface area (Å²) < 4.78 is 1.05. The molecule has 0 bridgehead atoms. The lowest BCUT2D eigenvalue weighted by molar-refractivity contribution is -0.130. The van der Waals surface area contributed by atoms with Crippen LogP contribution in [0.5, 0.6) is 0 Å². The quantitative estimate of drug-likeness (QED) is 0.611. The van der Waals surface area contributed by atoms with E-state index in [0.29, 0.717) is 18.5 Å². The molecule has 0 atom stereocenters. The molecule has 1 aromatic rings. The number of benzene rings is 1. The van der Waals surface area contributed by atoms with Crippen molar-refractivity contribution in [3.05, 3.63) is 33.4 Å². The number of likely N-dealkylation sites (tertiary alicyclic amines) is 1. The Hall–Kier alpha value is -1.11. The van der Waals surface area contributed by atoms with Crippen LogP contribution in [0.1, 0.15) is 42.5 Å². The van der Waals surface area contributed by atoms with E-state index >= 15 is 0 Å². The van der Waals surface area contributed by atoms with Gasteiger partial charge in [0.1, 0.15) is 0 Å². The third kappa shape index (κ3) is 5.30. The molecule has 0 radical (unpaired) electrons. The van der Waals surface area contributed by atoms with Gasteiger partial charge < -0.3 is 10.2 Å². The summed E-state index contributed by atoms with van der Waals surface area (Å²) in [5.41, 5.74) is 0.688. The number of nitrogens with zero attached hydrogens (tertiary/aromatic N) is 1. The summed E-state index contributed by atoms with van der Waals surface area (Å²) in [6.07, 6.45) is 4.74. The Morgan fingerprint density at radius 1 is 1.29 bits per heavy atom. The highest BCUT2D eigenvalue weighted by Gasteiger charge is 2.15. The van der Waals surface area contributed by atoms with E-state index < -0.39 is 0 Å². The summed E-state index contributed by atoms with van der Waals surface area (Å²) in [7, 11) is 0. The largest absolute Gasteiger partial charge is 0.352 e. The smallest absolute Gasteiger partial charge is 0.251 e. The Bertz CT molecular complexity index is 505. The fourth-order valence-electron chi connectivity index (χ4n) is 2.48. The van der Waals surface area contributed by atoms with Crippen LogP contribution in [0.25, 0.3) is 0 Å². The predicted molar refractivity (Wildman–Crippen MR) is 91.2 cm³/mol. The Labute approximate surface area is 139 Å². The van der Waals surface area contributed by atoms with Crippen molar-refractivity contribution in [2.75, 3.05) is 19.6 Å². The van der Waals surface area contributed by atoms with Crippen molar-refractivity contribution >= 4 is 34.4 Å². The van der Waals surface area contributed by atoms with Gasteiger partial charge in [0.25, 0.3) is 5.91 Å². The van der Waals surface area contributed by atoms with Gasteiger partial charge in [-0.15, -0.1) is 0 Å². The highest BCUT2D eigenvalue weighted by Crippen LogP contribution is 2.11. The maximum atomic E-state index is 12.0. The van der Waals surface area contributed by atoms with Gasteiger partial charge in [-0.25, -0.2) is 0 Å². The molecule has 0 aliphatic carbocycles. The maximum absolute atomic E-state index is 12.0. The Balaban J connectivity index is 1.71. The van der Waals surface area contributed by atoms with Gasteiger partial charge in [0.2, 0.25) is 5.91 Å². The maximum Gasteiger partial charge on any atom is 0.251 e. The molecule has 1 aliphatic heterocycles. The van der Waals surface area contributed by atoms with E-state index in [2.05, 4.69) is 27.9 Å². The van der Waals surface area contributed by atoms with Crippen molar-refractivity contribution in [2.24, 2.45) is 0 Å². The standard InChI is InChI=1S/C16H21IN2O2/c17-14-7-4-6-13(12-14)16(21)18-9-5-11-19-10-3-1-2-8-15(19)20/h4,6-7,12H,1-3,5,8-11H2,(H,18,21). The Morgan fingerprint density at radius 2 is 2.14 bits per heavy atom. The number of nitrogens with one attached hydrogen (secondary N) is 1. The SMILES string of the molecule is O=C(NCCCN1CCCCCC1=O)c1cccc(I)c1. The summed E-state index contributed by atoms with van der Waals surface area (Å²) >= 11 is 2.19. The van der Waals surface area contributed by atoms with Crippen molar-refractivity contribution in [3.8, 4) is 0 Å². The molecule has 1 heterocycles. The van der Waals surface area contributed by atoms with Crippen LogP contribution >= 0.6 is 22.6 Å². The van der Waals surface area contributed by atoms with Crippen LogP contribution in [-0.2, 0) is 4.79 Å². The molecule has 0 spiro atoms. The second-order valence-corrected chi connectivity index (χ2v) is 6.56. The van der Waals surface area contributed by atoms with Gasteiger partial charge in [0.15, 0.2) is 0 Å². The van der Waals surface area contributed by atoms with Crippen molar-refractivity contribution in [1.82, 2.24) is 10.2 Å². The van der Waals surface area contributed by atoms with E-state index in [1.54, 1.807) is 0 Å². The number of rotatable bonds is 5. The summed E-state index contributed by atoms with van der Waals surface area (Å²) in [5.74, 6) is 0.215. The van der Waals surface area contributed by atoms with Crippen LogP contribution in [0.2, 0.25) is 0 Å². The number of carbonyl (C=O) groups is 2. The molecular weight excluding hydrogens is 379 g/mol. The molecule has 0 aromatic heterocycles. The van der Waals surface area contributed by atoms with Gasteiger partial charge in [0.05, 0.1) is 0 Å². The zero-order chi connectivity index (χ0) is 15.1. The van der Waals surface area contributed by atoms with Gasteiger partial charge in [0, 0.05) is 35.2 Å². The third-order valence-corrected chi connectivity index (χ3v) is 4.32. The third-order valence-electron chi connectivity index (χ3n) is 3.65. The minimum Gasteiger partial charge on any atom is -0.352 e. The zero-order valence-electron chi connectivity index (χ0n) is 12.1. The fraction of sp³-hybridized carbons (Fsp3) is 0.500. The second kappa shape index (κ2) is 8.36. The van der Waals surface area contributed by atoms with Crippen LogP contribution < -0.4 is 5.32 Å². The molecule has 1 aromatic carbocycles. The van der Waals surface area contributed by atoms with Crippen LogP contribution in [0.3, 0.4) is 0 Å². The lowest BCUT2D eigenvalue weighted by atomic mass is 10.2. The Morgan fingerprint density at radius 3 is 2.95 bits per heavy atom. The molecule has 1 fully saturated rings. The normalized spacial score (nSPS) is 15.7. The first kappa shape index (κ1) is 16.3. The molecule has 4 nitrogen and oxygen atoms in total. The highest BCUT2D eigenvalue weighted by atomic mass is 127. The minimum atomic E-state index is -0.0456. The van der Waals surface area contributed by atoms with Gasteiger partial charge in [-0.05, 0) is 60.1 Å². The summed E-state index contributed by atoms with van der Waals surface area (Å²) in [6, 6.07) is 7.53. The molecule has 21 heavy (non-hydrogen) atoms. The fourth-order valence-corrected chi connectivity index (χ4v) is 3.02.